The third-order valence-electron chi connectivity index (χ3n) is 3.70. The van der Waals surface area contributed by atoms with Crippen LogP contribution in [-0.4, -0.2) is 4.98 Å². The van der Waals surface area contributed by atoms with E-state index >= 15 is 0 Å². The first-order valence-electron chi connectivity index (χ1n) is 7.15. The second-order valence-electron chi connectivity index (χ2n) is 5.49. The van der Waals surface area contributed by atoms with Crippen LogP contribution in [0.4, 0.5) is 17.1 Å². The van der Waals surface area contributed by atoms with E-state index in [9.17, 15) is 0 Å². The SMILES string of the molecule is CC(C)c1ccccc1Nc1ccc(N)c2ccncc12. The van der Waals surface area contributed by atoms with Gasteiger partial charge in [0.25, 0.3) is 0 Å². The molecule has 3 aromatic rings. The molecule has 0 spiro atoms. The van der Waals surface area contributed by atoms with Crippen molar-refractivity contribution in [1.82, 2.24) is 4.98 Å². The second-order valence-corrected chi connectivity index (χ2v) is 5.49. The smallest absolute Gasteiger partial charge is 0.0481 e. The fourth-order valence-corrected chi connectivity index (χ4v) is 2.58. The van der Waals surface area contributed by atoms with Gasteiger partial charge < -0.3 is 11.1 Å². The maximum atomic E-state index is 6.04. The van der Waals surface area contributed by atoms with Gasteiger partial charge in [-0.1, -0.05) is 32.0 Å². The van der Waals surface area contributed by atoms with Gasteiger partial charge in [0.1, 0.15) is 0 Å². The predicted molar refractivity (Wildman–Crippen MR) is 90.0 cm³/mol. The minimum absolute atomic E-state index is 0.465. The zero-order valence-corrected chi connectivity index (χ0v) is 12.3. The van der Waals surface area contributed by atoms with Gasteiger partial charge in [-0.05, 0) is 35.7 Å². The summed E-state index contributed by atoms with van der Waals surface area (Å²) in [6.45, 7) is 4.40. The highest BCUT2D eigenvalue weighted by molar-refractivity contribution is 6.01. The van der Waals surface area contributed by atoms with Crippen molar-refractivity contribution in [3.8, 4) is 0 Å². The van der Waals surface area contributed by atoms with Crippen LogP contribution in [-0.2, 0) is 0 Å². The van der Waals surface area contributed by atoms with E-state index in [4.69, 9.17) is 5.73 Å². The lowest BCUT2D eigenvalue weighted by Gasteiger charge is -2.16. The first-order valence-corrected chi connectivity index (χ1v) is 7.15. The van der Waals surface area contributed by atoms with Crippen molar-refractivity contribution >= 4 is 27.8 Å². The Morgan fingerprint density at radius 1 is 0.952 bits per heavy atom. The molecule has 1 aromatic heterocycles. The largest absolute Gasteiger partial charge is 0.398 e. The number of aromatic nitrogens is 1. The molecule has 0 fully saturated rings. The minimum Gasteiger partial charge on any atom is -0.398 e. The first-order chi connectivity index (χ1) is 10.2. The maximum Gasteiger partial charge on any atom is 0.0481 e. The van der Waals surface area contributed by atoms with Crippen LogP contribution < -0.4 is 11.1 Å². The van der Waals surface area contributed by atoms with Gasteiger partial charge in [-0.25, -0.2) is 0 Å². The lowest BCUT2D eigenvalue weighted by atomic mass is 10.0. The van der Waals surface area contributed by atoms with Crippen LogP contribution in [0.5, 0.6) is 0 Å². The molecule has 0 bridgehead atoms. The van der Waals surface area contributed by atoms with Crippen LogP contribution in [0.1, 0.15) is 25.3 Å². The van der Waals surface area contributed by atoms with E-state index < -0.39 is 0 Å². The van der Waals surface area contributed by atoms with Crippen molar-refractivity contribution < 1.29 is 0 Å². The Morgan fingerprint density at radius 2 is 1.76 bits per heavy atom. The third-order valence-corrected chi connectivity index (χ3v) is 3.70. The van der Waals surface area contributed by atoms with Crippen molar-refractivity contribution in [3.63, 3.8) is 0 Å². The van der Waals surface area contributed by atoms with Crippen molar-refractivity contribution in [2.75, 3.05) is 11.1 Å². The molecule has 0 radical (unpaired) electrons. The summed E-state index contributed by atoms with van der Waals surface area (Å²) >= 11 is 0. The van der Waals surface area contributed by atoms with Crippen LogP contribution in [0.2, 0.25) is 0 Å². The van der Waals surface area contributed by atoms with Crippen LogP contribution in [0.15, 0.2) is 54.9 Å². The fraction of sp³-hybridized carbons (Fsp3) is 0.167. The van der Waals surface area contributed by atoms with E-state index in [0.717, 1.165) is 27.8 Å². The number of benzene rings is 2. The molecule has 3 nitrogen and oxygen atoms in total. The molecule has 0 aliphatic heterocycles. The topological polar surface area (TPSA) is 50.9 Å². The number of nitrogen functional groups attached to an aromatic ring is 1. The van der Waals surface area contributed by atoms with E-state index in [1.807, 2.05) is 30.5 Å². The number of nitrogens with two attached hydrogens (primary N) is 1. The average Bonchev–Trinajstić information content (AvgIpc) is 2.51. The van der Waals surface area contributed by atoms with Gasteiger partial charge in [-0.2, -0.15) is 0 Å². The number of anilines is 3. The number of hydrogen-bond donors (Lipinski definition) is 2. The standard InChI is InChI=1S/C18H19N3/c1-12(2)13-5-3-4-6-17(13)21-18-8-7-16(19)14-9-10-20-11-15(14)18/h3-12,21H,19H2,1-2H3. The van der Waals surface area contributed by atoms with E-state index in [0.29, 0.717) is 5.92 Å². The van der Waals surface area contributed by atoms with Gasteiger partial charge >= 0.3 is 0 Å². The minimum atomic E-state index is 0.465. The quantitative estimate of drug-likeness (QED) is 0.683. The molecule has 3 heteroatoms. The molecular formula is C18H19N3. The predicted octanol–water partition coefficient (Wildman–Crippen LogP) is 4.68. The van der Waals surface area contributed by atoms with Crippen LogP contribution in [0.25, 0.3) is 10.8 Å². The molecule has 21 heavy (non-hydrogen) atoms. The number of fused-ring (bicyclic) bond motifs is 1. The first kappa shape index (κ1) is 13.4. The molecule has 106 valence electrons. The molecule has 3 N–H and O–H groups in total. The van der Waals surface area contributed by atoms with Crippen molar-refractivity contribution in [3.05, 3.63) is 60.4 Å². The molecule has 2 aromatic carbocycles. The van der Waals surface area contributed by atoms with E-state index in [1.54, 1.807) is 6.20 Å². The van der Waals surface area contributed by atoms with Crippen LogP contribution in [0, 0.1) is 0 Å². The highest BCUT2D eigenvalue weighted by atomic mass is 14.9. The van der Waals surface area contributed by atoms with Gasteiger partial charge in [0.05, 0.1) is 0 Å². The number of hydrogen-bond acceptors (Lipinski definition) is 3. The zero-order chi connectivity index (χ0) is 14.8. The molecule has 1 heterocycles. The monoisotopic (exact) mass is 277 g/mol. The van der Waals surface area contributed by atoms with Gasteiger partial charge in [0.15, 0.2) is 0 Å². The molecule has 0 amide bonds. The van der Waals surface area contributed by atoms with Gasteiger partial charge in [-0.15, -0.1) is 0 Å². The Kier molecular flexibility index (Phi) is 3.48. The summed E-state index contributed by atoms with van der Waals surface area (Å²) in [6, 6.07) is 14.3. The summed E-state index contributed by atoms with van der Waals surface area (Å²) in [5.74, 6) is 0.465. The highest BCUT2D eigenvalue weighted by Gasteiger charge is 2.08. The molecular weight excluding hydrogens is 258 g/mol. The molecule has 0 atom stereocenters. The lowest BCUT2D eigenvalue weighted by Crippen LogP contribution is -1.99. The van der Waals surface area contributed by atoms with Crippen molar-refractivity contribution in [2.45, 2.75) is 19.8 Å². The van der Waals surface area contributed by atoms with Gasteiger partial charge in [-0.3, -0.25) is 4.98 Å². The molecule has 0 saturated heterocycles. The van der Waals surface area contributed by atoms with Crippen LogP contribution >= 0.6 is 0 Å². The summed E-state index contributed by atoms with van der Waals surface area (Å²) in [7, 11) is 0. The number of nitrogens with one attached hydrogen (secondary N) is 1. The molecule has 3 rings (SSSR count). The van der Waals surface area contributed by atoms with Crippen molar-refractivity contribution in [1.29, 1.82) is 0 Å². The van der Waals surface area contributed by atoms with Gasteiger partial charge in [0.2, 0.25) is 0 Å². The Balaban J connectivity index is 2.09. The van der Waals surface area contributed by atoms with E-state index in [2.05, 4.69) is 42.3 Å². The summed E-state index contributed by atoms with van der Waals surface area (Å²) in [5, 5.41) is 5.59. The average molecular weight is 277 g/mol. The fourth-order valence-electron chi connectivity index (χ4n) is 2.58. The number of para-hydroxylation sites is 1. The highest BCUT2D eigenvalue weighted by Crippen LogP contribution is 2.32. The van der Waals surface area contributed by atoms with Crippen LogP contribution in [0.3, 0.4) is 0 Å². The van der Waals surface area contributed by atoms with E-state index in [1.165, 1.54) is 5.56 Å². The summed E-state index contributed by atoms with van der Waals surface area (Å²) in [5.41, 5.74) is 10.3. The summed E-state index contributed by atoms with van der Waals surface area (Å²) in [6.07, 6.45) is 3.62. The normalized spacial score (nSPS) is 11.0. The van der Waals surface area contributed by atoms with Gasteiger partial charge in [0, 0.05) is 40.2 Å². The Labute approximate surface area is 124 Å². The summed E-state index contributed by atoms with van der Waals surface area (Å²) < 4.78 is 0. The Morgan fingerprint density at radius 3 is 2.57 bits per heavy atom. The van der Waals surface area contributed by atoms with Crippen molar-refractivity contribution in [2.24, 2.45) is 0 Å². The summed E-state index contributed by atoms with van der Waals surface area (Å²) in [4.78, 5) is 4.22. The Bertz CT molecular complexity index is 778. The second kappa shape index (κ2) is 5.44. The molecule has 0 unspecified atom stereocenters. The maximum absolute atomic E-state index is 6.04. The molecule has 0 aliphatic rings. The number of rotatable bonds is 3. The molecule has 0 aliphatic carbocycles. The number of pyridine rings is 1. The zero-order valence-electron chi connectivity index (χ0n) is 12.3. The number of nitrogens with zero attached hydrogens (tertiary/aromatic N) is 1. The molecule has 0 saturated carbocycles. The Hall–Kier alpha value is -2.55. The third kappa shape index (κ3) is 2.55. The van der Waals surface area contributed by atoms with E-state index in [-0.39, 0.29) is 0 Å². The lowest BCUT2D eigenvalue weighted by molar-refractivity contribution is 0.869.